The van der Waals surface area contributed by atoms with E-state index in [2.05, 4.69) is 4.98 Å². The second-order valence-electron chi connectivity index (χ2n) is 6.79. The van der Waals surface area contributed by atoms with Gasteiger partial charge < -0.3 is 14.5 Å². The monoisotopic (exact) mass is 400 g/mol. The molecular weight excluding hydrogens is 372 g/mol. The SMILES string of the molecule is CCOC(=O)c1c(C)[nH]c(C(=O)CN(CCC(=O)OC)Cc2ccccc2)c1C. The molecule has 0 saturated carbocycles. The number of nitrogens with zero attached hydrogens (tertiary/aromatic N) is 1. The standard InChI is InChI=1S/C22H28N2O5/c1-5-29-22(27)20-15(2)21(23-16(20)3)18(25)14-24(12-11-19(26)28-4)13-17-9-7-6-8-10-17/h6-10,23H,5,11-14H2,1-4H3. The van der Waals surface area contributed by atoms with Crippen LogP contribution in [0.15, 0.2) is 30.3 Å². The number of rotatable bonds is 10. The summed E-state index contributed by atoms with van der Waals surface area (Å²) >= 11 is 0. The van der Waals surface area contributed by atoms with Crippen molar-refractivity contribution in [3.8, 4) is 0 Å². The highest BCUT2D eigenvalue weighted by Gasteiger charge is 2.24. The summed E-state index contributed by atoms with van der Waals surface area (Å²) in [5.74, 6) is -0.918. The maximum Gasteiger partial charge on any atom is 0.340 e. The van der Waals surface area contributed by atoms with Crippen LogP contribution in [0.1, 0.15) is 51.0 Å². The molecule has 2 aromatic rings. The van der Waals surface area contributed by atoms with Crippen LogP contribution in [-0.4, -0.2) is 54.4 Å². The summed E-state index contributed by atoms with van der Waals surface area (Å²) in [4.78, 5) is 41.7. The van der Waals surface area contributed by atoms with E-state index in [1.807, 2.05) is 35.2 Å². The maximum atomic E-state index is 13.0. The van der Waals surface area contributed by atoms with E-state index in [0.717, 1.165) is 5.56 Å². The number of aromatic amines is 1. The van der Waals surface area contributed by atoms with Crippen LogP contribution in [0.25, 0.3) is 0 Å². The van der Waals surface area contributed by atoms with Crippen LogP contribution >= 0.6 is 0 Å². The minimum absolute atomic E-state index is 0.106. The summed E-state index contributed by atoms with van der Waals surface area (Å²) in [6.07, 6.45) is 0.188. The van der Waals surface area contributed by atoms with Crippen LogP contribution in [0, 0.1) is 13.8 Å². The van der Waals surface area contributed by atoms with Crippen molar-refractivity contribution >= 4 is 17.7 Å². The van der Waals surface area contributed by atoms with Gasteiger partial charge in [-0.3, -0.25) is 14.5 Å². The highest BCUT2D eigenvalue weighted by atomic mass is 16.5. The predicted octanol–water partition coefficient (Wildman–Crippen LogP) is 3.06. The number of benzene rings is 1. The molecule has 0 aliphatic rings. The Labute approximate surface area is 171 Å². The molecule has 1 heterocycles. The van der Waals surface area contributed by atoms with Crippen molar-refractivity contribution in [2.75, 3.05) is 26.8 Å². The van der Waals surface area contributed by atoms with Crippen LogP contribution in [0.5, 0.6) is 0 Å². The second-order valence-corrected chi connectivity index (χ2v) is 6.79. The molecule has 0 spiro atoms. The van der Waals surface area contributed by atoms with Crippen LogP contribution in [0.2, 0.25) is 0 Å². The number of carbonyl (C=O) groups excluding carboxylic acids is 3. The van der Waals surface area contributed by atoms with Gasteiger partial charge in [-0.15, -0.1) is 0 Å². The first-order valence-corrected chi connectivity index (χ1v) is 9.59. The topological polar surface area (TPSA) is 88.7 Å². The summed E-state index contributed by atoms with van der Waals surface area (Å²) in [5, 5.41) is 0. The van der Waals surface area contributed by atoms with E-state index in [1.54, 1.807) is 20.8 Å². The Morgan fingerprint density at radius 3 is 2.41 bits per heavy atom. The zero-order chi connectivity index (χ0) is 21.4. The van der Waals surface area contributed by atoms with E-state index in [4.69, 9.17) is 9.47 Å². The van der Waals surface area contributed by atoms with Gasteiger partial charge in [0.15, 0.2) is 5.78 Å². The Balaban J connectivity index is 2.19. The van der Waals surface area contributed by atoms with E-state index < -0.39 is 5.97 Å². The molecule has 7 heteroatoms. The van der Waals surface area contributed by atoms with Crippen LogP contribution in [0.4, 0.5) is 0 Å². The summed E-state index contributed by atoms with van der Waals surface area (Å²) in [7, 11) is 1.34. The number of methoxy groups -OCH3 is 1. The molecule has 0 radical (unpaired) electrons. The number of aryl methyl sites for hydroxylation is 1. The molecule has 29 heavy (non-hydrogen) atoms. The molecule has 0 saturated heterocycles. The third-order valence-corrected chi connectivity index (χ3v) is 4.67. The minimum Gasteiger partial charge on any atom is -0.469 e. The lowest BCUT2D eigenvalue weighted by Crippen LogP contribution is -2.32. The molecule has 0 aliphatic carbocycles. The first-order chi connectivity index (χ1) is 13.9. The molecule has 0 bridgehead atoms. The summed E-state index contributed by atoms with van der Waals surface area (Å²) in [6, 6.07) is 9.73. The van der Waals surface area contributed by atoms with Gasteiger partial charge in [0.2, 0.25) is 0 Å². The number of ketones is 1. The largest absolute Gasteiger partial charge is 0.469 e. The third kappa shape index (κ3) is 6.02. The fraction of sp³-hybridized carbons (Fsp3) is 0.409. The third-order valence-electron chi connectivity index (χ3n) is 4.67. The highest BCUT2D eigenvalue weighted by Crippen LogP contribution is 2.20. The average molecular weight is 400 g/mol. The normalized spacial score (nSPS) is 10.8. The Hall–Kier alpha value is -2.93. The zero-order valence-electron chi connectivity index (χ0n) is 17.4. The Bertz CT molecular complexity index is 858. The lowest BCUT2D eigenvalue weighted by molar-refractivity contribution is -0.141. The molecule has 0 atom stereocenters. The van der Waals surface area contributed by atoms with Gasteiger partial charge in [0.05, 0.1) is 37.9 Å². The zero-order valence-corrected chi connectivity index (χ0v) is 17.4. The lowest BCUT2D eigenvalue weighted by atomic mass is 10.1. The van der Waals surface area contributed by atoms with Gasteiger partial charge in [-0.05, 0) is 31.9 Å². The number of hydrogen-bond donors (Lipinski definition) is 1. The van der Waals surface area contributed by atoms with Crippen molar-refractivity contribution in [1.29, 1.82) is 0 Å². The lowest BCUT2D eigenvalue weighted by Gasteiger charge is -2.21. The molecule has 1 N–H and O–H groups in total. The van der Waals surface area contributed by atoms with Gasteiger partial charge >= 0.3 is 11.9 Å². The fourth-order valence-electron chi connectivity index (χ4n) is 3.23. The van der Waals surface area contributed by atoms with Crippen molar-refractivity contribution in [2.45, 2.75) is 33.7 Å². The number of aromatic nitrogens is 1. The smallest absolute Gasteiger partial charge is 0.340 e. The van der Waals surface area contributed by atoms with Gasteiger partial charge in [0, 0.05) is 18.8 Å². The molecule has 0 fully saturated rings. The van der Waals surface area contributed by atoms with Crippen molar-refractivity contribution in [3.05, 3.63) is 58.4 Å². The Morgan fingerprint density at radius 2 is 1.79 bits per heavy atom. The molecule has 2 rings (SSSR count). The van der Waals surface area contributed by atoms with E-state index in [1.165, 1.54) is 7.11 Å². The van der Waals surface area contributed by atoms with Crippen molar-refractivity contribution in [1.82, 2.24) is 9.88 Å². The van der Waals surface area contributed by atoms with E-state index in [0.29, 0.717) is 35.6 Å². The number of ether oxygens (including phenoxy) is 2. The van der Waals surface area contributed by atoms with Crippen LogP contribution in [-0.2, 0) is 20.8 Å². The highest BCUT2D eigenvalue weighted by molar-refractivity contribution is 6.02. The average Bonchev–Trinajstić information content (AvgIpc) is 3.01. The number of H-pyrrole nitrogens is 1. The predicted molar refractivity (Wildman–Crippen MR) is 109 cm³/mol. The summed E-state index contributed by atoms with van der Waals surface area (Å²) < 4.78 is 9.81. The van der Waals surface area contributed by atoms with Crippen molar-refractivity contribution < 1.29 is 23.9 Å². The number of Topliss-reactive ketones (excluding diaryl/α,β-unsaturated/α-hetero) is 1. The van der Waals surface area contributed by atoms with Gasteiger partial charge in [-0.25, -0.2) is 4.79 Å². The quantitative estimate of drug-likeness (QED) is 0.487. The summed E-state index contributed by atoms with van der Waals surface area (Å²) in [5.41, 5.74) is 3.02. The van der Waals surface area contributed by atoms with Crippen molar-refractivity contribution in [3.63, 3.8) is 0 Å². The maximum absolute atomic E-state index is 13.0. The Morgan fingerprint density at radius 1 is 1.10 bits per heavy atom. The number of carbonyl (C=O) groups is 3. The number of hydrogen-bond acceptors (Lipinski definition) is 6. The molecule has 0 amide bonds. The minimum atomic E-state index is -0.440. The summed E-state index contributed by atoms with van der Waals surface area (Å²) in [6.45, 7) is 6.50. The van der Waals surface area contributed by atoms with Crippen molar-refractivity contribution in [2.24, 2.45) is 0 Å². The first-order valence-electron chi connectivity index (χ1n) is 9.59. The second kappa shape index (κ2) is 10.6. The molecule has 7 nitrogen and oxygen atoms in total. The molecule has 0 unspecified atom stereocenters. The fourth-order valence-corrected chi connectivity index (χ4v) is 3.23. The van der Waals surface area contributed by atoms with Gasteiger partial charge in [0.1, 0.15) is 0 Å². The van der Waals surface area contributed by atoms with Crippen LogP contribution in [0.3, 0.4) is 0 Å². The van der Waals surface area contributed by atoms with E-state index >= 15 is 0 Å². The van der Waals surface area contributed by atoms with Gasteiger partial charge in [-0.1, -0.05) is 30.3 Å². The van der Waals surface area contributed by atoms with Crippen LogP contribution < -0.4 is 0 Å². The molecule has 0 aliphatic heterocycles. The molecule has 1 aromatic heterocycles. The molecule has 156 valence electrons. The molecule has 1 aromatic carbocycles. The number of esters is 2. The number of nitrogens with one attached hydrogen (secondary N) is 1. The van der Waals surface area contributed by atoms with Gasteiger partial charge in [-0.2, -0.15) is 0 Å². The Kier molecular flexibility index (Phi) is 8.15. The van der Waals surface area contributed by atoms with E-state index in [-0.39, 0.29) is 31.3 Å². The van der Waals surface area contributed by atoms with E-state index in [9.17, 15) is 14.4 Å². The van der Waals surface area contributed by atoms with Gasteiger partial charge in [0.25, 0.3) is 0 Å². The molecular formula is C22H28N2O5. The first kappa shape index (κ1) is 22.4.